The van der Waals surface area contributed by atoms with E-state index in [0.717, 1.165) is 52.3 Å². The molecule has 2 fully saturated rings. The van der Waals surface area contributed by atoms with E-state index in [1.165, 1.54) is 11.8 Å². The van der Waals surface area contributed by atoms with Gasteiger partial charge in [0.05, 0.1) is 12.4 Å². The van der Waals surface area contributed by atoms with E-state index in [1.54, 1.807) is 4.31 Å². The molecule has 0 spiro atoms. The molecule has 0 aromatic heterocycles. The number of nitrogens with zero attached hydrogens (tertiary/aromatic N) is 3. The number of sulfonamides is 1. The van der Waals surface area contributed by atoms with Gasteiger partial charge in [-0.3, -0.25) is 9.80 Å². The largest absolute Gasteiger partial charge is 0.376 e. The number of rotatable bonds is 5. The third-order valence-electron chi connectivity index (χ3n) is 4.95. The Labute approximate surface area is 151 Å². The van der Waals surface area contributed by atoms with Gasteiger partial charge in [0.2, 0.25) is 10.0 Å². The van der Waals surface area contributed by atoms with Crippen LogP contribution in [0.25, 0.3) is 0 Å². The Morgan fingerprint density at radius 1 is 1.04 bits per heavy atom. The van der Waals surface area contributed by atoms with E-state index in [-0.39, 0.29) is 6.10 Å². The quantitative estimate of drug-likeness (QED) is 0.772. The maximum absolute atomic E-state index is 11.6. The minimum absolute atomic E-state index is 0.191. The van der Waals surface area contributed by atoms with Crippen LogP contribution in [-0.2, 0) is 21.3 Å². The summed E-state index contributed by atoms with van der Waals surface area (Å²) in [7, 11) is -3.06. The Kier molecular flexibility index (Phi) is 6.46. The van der Waals surface area contributed by atoms with Gasteiger partial charge in [0.15, 0.2) is 0 Å². The highest BCUT2D eigenvalue weighted by atomic mass is 32.2. The zero-order valence-electron chi connectivity index (χ0n) is 15.0. The molecule has 0 unspecified atom stereocenters. The molecule has 2 heterocycles. The van der Waals surface area contributed by atoms with Gasteiger partial charge < -0.3 is 4.74 Å². The third kappa shape index (κ3) is 5.76. The predicted octanol–water partition coefficient (Wildman–Crippen LogP) is 0.855. The number of piperazine rings is 1. The molecular formula is C18H29N3O3S. The van der Waals surface area contributed by atoms with E-state index in [2.05, 4.69) is 34.1 Å². The average molecular weight is 368 g/mol. The Morgan fingerprint density at radius 2 is 1.76 bits per heavy atom. The molecule has 0 amide bonds. The van der Waals surface area contributed by atoms with Crippen molar-refractivity contribution in [2.24, 2.45) is 0 Å². The summed E-state index contributed by atoms with van der Waals surface area (Å²) in [6, 6.07) is 10.6. The van der Waals surface area contributed by atoms with Gasteiger partial charge in [0.1, 0.15) is 0 Å². The first-order chi connectivity index (χ1) is 12.0. The van der Waals surface area contributed by atoms with Crippen molar-refractivity contribution < 1.29 is 13.2 Å². The first-order valence-corrected chi connectivity index (χ1v) is 10.9. The van der Waals surface area contributed by atoms with Crippen molar-refractivity contribution in [3.05, 3.63) is 35.9 Å². The Bertz CT molecular complexity index is 630. The fourth-order valence-corrected chi connectivity index (χ4v) is 4.42. The Morgan fingerprint density at radius 3 is 2.44 bits per heavy atom. The van der Waals surface area contributed by atoms with Crippen LogP contribution >= 0.6 is 0 Å². The fraction of sp³-hybridized carbons (Fsp3) is 0.667. The highest BCUT2D eigenvalue weighted by Gasteiger charge is 2.26. The maximum atomic E-state index is 11.6. The summed E-state index contributed by atoms with van der Waals surface area (Å²) in [6.07, 6.45) is 2.54. The van der Waals surface area contributed by atoms with Crippen LogP contribution < -0.4 is 0 Å². The highest BCUT2D eigenvalue weighted by molar-refractivity contribution is 7.88. The lowest BCUT2D eigenvalue weighted by Crippen LogP contribution is -2.51. The molecule has 1 atom stereocenters. The van der Waals surface area contributed by atoms with Crippen LogP contribution in [0.5, 0.6) is 0 Å². The van der Waals surface area contributed by atoms with E-state index in [1.807, 2.05) is 6.07 Å². The van der Waals surface area contributed by atoms with Gasteiger partial charge in [-0.2, -0.15) is 4.31 Å². The minimum atomic E-state index is -3.06. The van der Waals surface area contributed by atoms with Crippen molar-refractivity contribution in [3.8, 4) is 0 Å². The molecule has 0 radical (unpaired) electrons. The average Bonchev–Trinajstić information content (AvgIpc) is 2.80. The fourth-order valence-electron chi connectivity index (χ4n) is 3.60. The molecule has 3 rings (SSSR count). The van der Waals surface area contributed by atoms with Gasteiger partial charge in [-0.25, -0.2) is 8.42 Å². The van der Waals surface area contributed by atoms with Crippen molar-refractivity contribution >= 4 is 10.0 Å². The SMILES string of the molecule is CS(=O)(=O)N1CCN(C[C@H]2CN(Cc3ccccc3)CCCO2)CC1. The van der Waals surface area contributed by atoms with E-state index in [9.17, 15) is 8.42 Å². The third-order valence-corrected chi connectivity index (χ3v) is 6.25. The number of hydrogen-bond acceptors (Lipinski definition) is 5. The maximum Gasteiger partial charge on any atom is 0.211 e. The summed E-state index contributed by atoms with van der Waals surface area (Å²) in [5.41, 5.74) is 1.34. The van der Waals surface area contributed by atoms with Crippen molar-refractivity contribution in [3.63, 3.8) is 0 Å². The van der Waals surface area contributed by atoms with E-state index in [4.69, 9.17) is 4.74 Å². The van der Waals surface area contributed by atoms with E-state index in [0.29, 0.717) is 13.1 Å². The lowest BCUT2D eigenvalue weighted by atomic mass is 10.2. The van der Waals surface area contributed by atoms with Crippen LogP contribution in [-0.4, -0.2) is 87.3 Å². The van der Waals surface area contributed by atoms with E-state index < -0.39 is 10.0 Å². The molecule has 25 heavy (non-hydrogen) atoms. The van der Waals surface area contributed by atoms with Crippen LogP contribution in [0.3, 0.4) is 0 Å². The monoisotopic (exact) mass is 367 g/mol. The standard InChI is InChI=1S/C18H29N3O3S/c1-25(22,23)21-11-9-19(10-12-21)15-18-16-20(8-5-13-24-18)14-17-6-3-2-4-7-17/h2-4,6-7,18H,5,8-16H2,1H3/t18-/m0/s1. The molecule has 140 valence electrons. The Balaban J connectivity index is 1.50. The molecular weight excluding hydrogens is 338 g/mol. The summed E-state index contributed by atoms with van der Waals surface area (Å²) in [6.45, 7) is 7.37. The van der Waals surface area contributed by atoms with Crippen molar-refractivity contribution in [2.75, 3.05) is 58.7 Å². The summed E-state index contributed by atoms with van der Waals surface area (Å²) in [5.74, 6) is 0. The molecule has 2 aliphatic heterocycles. The van der Waals surface area contributed by atoms with Crippen LogP contribution in [0.4, 0.5) is 0 Å². The predicted molar refractivity (Wildman–Crippen MR) is 98.9 cm³/mol. The molecule has 0 bridgehead atoms. The second kappa shape index (κ2) is 8.60. The van der Waals surface area contributed by atoms with Gasteiger partial charge in [-0.1, -0.05) is 30.3 Å². The lowest BCUT2D eigenvalue weighted by Gasteiger charge is -2.35. The smallest absolute Gasteiger partial charge is 0.211 e. The number of benzene rings is 1. The van der Waals surface area contributed by atoms with Gasteiger partial charge in [0, 0.05) is 59.0 Å². The van der Waals surface area contributed by atoms with Crippen molar-refractivity contribution in [1.29, 1.82) is 0 Å². The molecule has 2 aliphatic rings. The summed E-state index contributed by atoms with van der Waals surface area (Å²) in [5, 5.41) is 0. The summed E-state index contributed by atoms with van der Waals surface area (Å²) in [4.78, 5) is 4.80. The van der Waals surface area contributed by atoms with Crippen LogP contribution in [0, 0.1) is 0 Å². The molecule has 1 aromatic carbocycles. The van der Waals surface area contributed by atoms with Crippen molar-refractivity contribution in [2.45, 2.75) is 19.1 Å². The zero-order chi connectivity index (χ0) is 17.7. The van der Waals surface area contributed by atoms with Gasteiger partial charge in [-0.15, -0.1) is 0 Å². The normalized spacial score (nSPS) is 24.9. The van der Waals surface area contributed by atoms with Gasteiger partial charge in [0.25, 0.3) is 0 Å². The lowest BCUT2D eigenvalue weighted by molar-refractivity contribution is 0.0191. The molecule has 2 saturated heterocycles. The molecule has 0 N–H and O–H groups in total. The second-order valence-corrected chi connectivity index (χ2v) is 9.01. The van der Waals surface area contributed by atoms with Gasteiger partial charge >= 0.3 is 0 Å². The molecule has 7 heteroatoms. The Hall–Kier alpha value is -0.990. The van der Waals surface area contributed by atoms with Crippen LogP contribution in [0.15, 0.2) is 30.3 Å². The molecule has 1 aromatic rings. The first-order valence-electron chi connectivity index (χ1n) is 9.06. The molecule has 6 nitrogen and oxygen atoms in total. The molecule has 0 saturated carbocycles. The van der Waals surface area contributed by atoms with Crippen LogP contribution in [0.2, 0.25) is 0 Å². The van der Waals surface area contributed by atoms with Crippen LogP contribution in [0.1, 0.15) is 12.0 Å². The molecule has 0 aliphatic carbocycles. The second-order valence-electron chi connectivity index (χ2n) is 7.03. The van der Waals surface area contributed by atoms with Gasteiger partial charge in [-0.05, 0) is 12.0 Å². The van der Waals surface area contributed by atoms with E-state index >= 15 is 0 Å². The number of ether oxygens (including phenoxy) is 1. The first kappa shape index (κ1) is 18.8. The summed E-state index contributed by atoms with van der Waals surface area (Å²) < 4.78 is 30.9. The minimum Gasteiger partial charge on any atom is -0.376 e. The van der Waals surface area contributed by atoms with Crippen molar-refractivity contribution in [1.82, 2.24) is 14.1 Å². The number of hydrogen-bond donors (Lipinski definition) is 0. The zero-order valence-corrected chi connectivity index (χ0v) is 15.8. The topological polar surface area (TPSA) is 53.1 Å². The summed E-state index contributed by atoms with van der Waals surface area (Å²) >= 11 is 0. The highest BCUT2D eigenvalue weighted by Crippen LogP contribution is 2.13.